The van der Waals surface area contributed by atoms with Crippen LogP contribution in [0.2, 0.25) is 0 Å². The van der Waals surface area contributed by atoms with Crippen molar-refractivity contribution in [3.63, 3.8) is 0 Å². The van der Waals surface area contributed by atoms with Gasteiger partial charge in [-0.1, -0.05) is 6.07 Å². The van der Waals surface area contributed by atoms with E-state index in [9.17, 15) is 25.3 Å². The largest absolute Gasteiger partial charge is 0.224 e. The van der Waals surface area contributed by atoms with E-state index in [4.69, 9.17) is 0 Å². The SMILES string of the molecule is CS(=O)(=O)c1cccc(S(C)(=O)=O)c1S(C)(=O)=O. The molecule has 0 aliphatic carbocycles. The maximum Gasteiger partial charge on any atom is 0.178 e. The molecule has 18 heavy (non-hydrogen) atoms. The van der Waals surface area contributed by atoms with E-state index >= 15 is 0 Å². The number of hydrogen-bond donors (Lipinski definition) is 0. The lowest BCUT2D eigenvalue weighted by Crippen LogP contribution is -2.13. The highest BCUT2D eigenvalue weighted by molar-refractivity contribution is 7.95. The molecule has 0 bridgehead atoms. The summed E-state index contributed by atoms with van der Waals surface area (Å²) < 4.78 is 69.4. The molecule has 1 aromatic rings. The molecule has 1 rings (SSSR count). The van der Waals surface area contributed by atoms with Gasteiger partial charge < -0.3 is 0 Å². The second-order valence-electron chi connectivity index (χ2n) is 3.90. The van der Waals surface area contributed by atoms with Gasteiger partial charge in [0, 0.05) is 18.8 Å². The van der Waals surface area contributed by atoms with Gasteiger partial charge in [-0.15, -0.1) is 0 Å². The van der Waals surface area contributed by atoms with Crippen LogP contribution in [0, 0.1) is 0 Å². The van der Waals surface area contributed by atoms with Gasteiger partial charge in [-0.25, -0.2) is 25.3 Å². The van der Waals surface area contributed by atoms with Crippen LogP contribution in [0.1, 0.15) is 0 Å². The van der Waals surface area contributed by atoms with Crippen LogP contribution in [0.25, 0.3) is 0 Å². The van der Waals surface area contributed by atoms with Crippen molar-refractivity contribution >= 4 is 29.5 Å². The molecule has 0 atom stereocenters. The zero-order chi connectivity index (χ0) is 14.4. The third-order valence-corrected chi connectivity index (χ3v) is 5.83. The predicted molar refractivity (Wildman–Crippen MR) is 65.8 cm³/mol. The first-order valence-corrected chi connectivity index (χ1v) is 10.3. The Morgan fingerprint density at radius 2 is 1.00 bits per heavy atom. The van der Waals surface area contributed by atoms with Crippen molar-refractivity contribution in [2.45, 2.75) is 14.7 Å². The minimum atomic E-state index is -3.99. The summed E-state index contributed by atoms with van der Waals surface area (Å²) in [5.74, 6) is 0. The van der Waals surface area contributed by atoms with E-state index in [0.29, 0.717) is 0 Å². The first-order valence-electron chi connectivity index (χ1n) is 4.58. The van der Waals surface area contributed by atoms with Crippen LogP contribution in [-0.2, 0) is 29.5 Å². The average Bonchev–Trinajstić information content (AvgIpc) is 2.12. The average molecular weight is 312 g/mol. The Hall–Kier alpha value is -0.930. The number of sulfone groups is 3. The molecule has 6 nitrogen and oxygen atoms in total. The van der Waals surface area contributed by atoms with E-state index in [1.54, 1.807) is 0 Å². The second-order valence-corrected chi connectivity index (χ2v) is 9.82. The quantitative estimate of drug-likeness (QED) is 0.772. The van der Waals surface area contributed by atoms with E-state index in [2.05, 4.69) is 0 Å². The Morgan fingerprint density at radius 1 is 0.667 bits per heavy atom. The van der Waals surface area contributed by atoms with Gasteiger partial charge in [0.25, 0.3) is 0 Å². The Balaban J connectivity index is 4.04. The minimum Gasteiger partial charge on any atom is -0.224 e. The van der Waals surface area contributed by atoms with Crippen LogP contribution in [0.4, 0.5) is 0 Å². The predicted octanol–water partition coefficient (Wildman–Crippen LogP) is -0.103. The third kappa shape index (κ3) is 3.09. The highest BCUT2D eigenvalue weighted by Gasteiger charge is 2.28. The van der Waals surface area contributed by atoms with Gasteiger partial charge in [0.15, 0.2) is 29.5 Å². The molecular formula is C9H12O6S3. The Bertz CT molecular complexity index is 734. The molecule has 1 aromatic carbocycles. The molecule has 0 aliphatic heterocycles. The van der Waals surface area contributed by atoms with Crippen LogP contribution in [0.15, 0.2) is 32.9 Å². The zero-order valence-electron chi connectivity index (χ0n) is 9.91. The van der Waals surface area contributed by atoms with Gasteiger partial charge >= 0.3 is 0 Å². The lowest BCUT2D eigenvalue weighted by atomic mass is 10.4. The standard InChI is InChI=1S/C9H12O6S3/c1-16(10,11)7-5-4-6-8(17(2,12)13)9(7)18(3,14)15/h4-6H,1-3H3. The van der Waals surface area contributed by atoms with Crippen LogP contribution in [0.5, 0.6) is 0 Å². The van der Waals surface area contributed by atoms with E-state index in [1.807, 2.05) is 0 Å². The van der Waals surface area contributed by atoms with Crippen molar-refractivity contribution in [2.75, 3.05) is 18.8 Å². The molecule has 0 aliphatic rings. The molecule has 0 spiro atoms. The molecule has 0 unspecified atom stereocenters. The molecule has 0 radical (unpaired) electrons. The van der Waals surface area contributed by atoms with Gasteiger partial charge in [-0.3, -0.25) is 0 Å². The maximum absolute atomic E-state index is 11.6. The highest BCUT2D eigenvalue weighted by Crippen LogP contribution is 2.28. The van der Waals surface area contributed by atoms with Gasteiger partial charge in [0.2, 0.25) is 0 Å². The molecule has 0 amide bonds. The molecule has 0 N–H and O–H groups in total. The van der Waals surface area contributed by atoms with Crippen LogP contribution in [0.3, 0.4) is 0 Å². The summed E-state index contributed by atoms with van der Waals surface area (Å²) in [6.07, 6.45) is 2.41. The van der Waals surface area contributed by atoms with Crippen molar-refractivity contribution < 1.29 is 25.3 Å². The van der Waals surface area contributed by atoms with Gasteiger partial charge in [0.05, 0.1) is 9.79 Å². The minimum absolute atomic E-state index is 0.507. The molecular weight excluding hydrogens is 300 g/mol. The second kappa shape index (κ2) is 4.32. The maximum atomic E-state index is 11.6. The van der Waals surface area contributed by atoms with Gasteiger partial charge in [-0.2, -0.15) is 0 Å². The van der Waals surface area contributed by atoms with E-state index < -0.39 is 44.2 Å². The van der Waals surface area contributed by atoms with Crippen molar-refractivity contribution in [3.05, 3.63) is 18.2 Å². The fourth-order valence-electron chi connectivity index (χ4n) is 1.45. The normalized spacial score (nSPS) is 13.5. The Kier molecular flexibility index (Phi) is 3.63. The van der Waals surface area contributed by atoms with E-state index in [-0.39, 0.29) is 0 Å². The smallest absolute Gasteiger partial charge is 0.178 e. The summed E-state index contributed by atoms with van der Waals surface area (Å²) >= 11 is 0. The first-order chi connectivity index (χ1) is 7.85. The Labute approximate surface area is 106 Å². The van der Waals surface area contributed by atoms with Crippen LogP contribution >= 0.6 is 0 Å². The summed E-state index contributed by atoms with van der Waals surface area (Å²) in [4.78, 5) is -1.68. The molecule has 0 saturated carbocycles. The first kappa shape index (κ1) is 15.1. The van der Waals surface area contributed by atoms with Crippen LogP contribution in [-0.4, -0.2) is 44.0 Å². The molecule has 102 valence electrons. The Morgan fingerprint density at radius 3 is 1.22 bits per heavy atom. The molecule has 0 saturated heterocycles. The third-order valence-electron chi connectivity index (χ3n) is 2.11. The van der Waals surface area contributed by atoms with E-state index in [0.717, 1.165) is 30.9 Å². The summed E-state index contributed by atoms with van der Waals surface area (Å²) in [5, 5.41) is 0. The van der Waals surface area contributed by atoms with Gasteiger partial charge in [-0.05, 0) is 12.1 Å². The van der Waals surface area contributed by atoms with Crippen molar-refractivity contribution in [2.24, 2.45) is 0 Å². The topological polar surface area (TPSA) is 102 Å². The van der Waals surface area contributed by atoms with Crippen molar-refractivity contribution in [1.82, 2.24) is 0 Å². The van der Waals surface area contributed by atoms with Crippen molar-refractivity contribution in [1.29, 1.82) is 0 Å². The monoisotopic (exact) mass is 312 g/mol. The fourth-order valence-corrected chi connectivity index (χ4v) is 5.74. The number of hydrogen-bond acceptors (Lipinski definition) is 6. The van der Waals surface area contributed by atoms with Crippen LogP contribution < -0.4 is 0 Å². The number of benzene rings is 1. The number of rotatable bonds is 3. The van der Waals surface area contributed by atoms with E-state index in [1.165, 1.54) is 6.07 Å². The highest BCUT2D eigenvalue weighted by atomic mass is 32.2. The molecule has 0 aromatic heterocycles. The zero-order valence-corrected chi connectivity index (χ0v) is 12.4. The lowest BCUT2D eigenvalue weighted by Gasteiger charge is -2.10. The summed E-state index contributed by atoms with van der Waals surface area (Å²) in [6.45, 7) is 0. The van der Waals surface area contributed by atoms with Gasteiger partial charge in [0.1, 0.15) is 4.90 Å². The summed E-state index contributed by atoms with van der Waals surface area (Å²) in [5.41, 5.74) is 0. The molecule has 0 heterocycles. The van der Waals surface area contributed by atoms with Crippen molar-refractivity contribution in [3.8, 4) is 0 Å². The summed E-state index contributed by atoms with van der Waals surface area (Å²) in [7, 11) is -11.7. The lowest BCUT2D eigenvalue weighted by molar-refractivity contribution is 0.579. The fraction of sp³-hybridized carbons (Fsp3) is 0.333. The summed E-state index contributed by atoms with van der Waals surface area (Å²) in [6, 6.07) is 3.34. The molecule has 0 fully saturated rings. The molecule has 9 heteroatoms.